The van der Waals surface area contributed by atoms with Crippen LogP contribution in [-0.2, 0) is 11.2 Å². The van der Waals surface area contributed by atoms with E-state index in [4.69, 9.17) is 0 Å². The van der Waals surface area contributed by atoms with Crippen molar-refractivity contribution in [2.45, 2.75) is 51.1 Å². The second-order valence-electron chi connectivity index (χ2n) is 7.37. The quantitative estimate of drug-likeness (QED) is 0.822. The lowest BCUT2D eigenvalue weighted by atomic mass is 9.99. The maximum absolute atomic E-state index is 12.1. The molecule has 3 heterocycles. The highest BCUT2D eigenvalue weighted by molar-refractivity contribution is 5.90. The van der Waals surface area contributed by atoms with E-state index in [0.717, 1.165) is 42.0 Å². The van der Waals surface area contributed by atoms with Gasteiger partial charge in [0.15, 0.2) is 0 Å². The number of nitrogens with one attached hydrogen (secondary N) is 2. The summed E-state index contributed by atoms with van der Waals surface area (Å²) in [6, 6.07) is 0.452. The number of H-pyrrole nitrogens is 1. The molecule has 0 radical (unpaired) electrons. The van der Waals surface area contributed by atoms with Crippen LogP contribution in [0.2, 0.25) is 0 Å². The number of anilines is 1. The molecule has 1 saturated heterocycles. The fourth-order valence-corrected chi connectivity index (χ4v) is 3.77. The number of aromatic nitrogens is 3. The Morgan fingerprint density at radius 3 is 3.00 bits per heavy atom. The topological polar surface area (TPSA) is 73.9 Å². The van der Waals surface area contributed by atoms with Crippen LogP contribution in [0.15, 0.2) is 25.2 Å². The Labute approximate surface area is 147 Å². The largest absolute Gasteiger partial charge is 0.365 e. The molecule has 0 aromatic carbocycles. The van der Waals surface area contributed by atoms with Crippen molar-refractivity contribution in [2.24, 2.45) is 5.92 Å². The van der Waals surface area contributed by atoms with Crippen molar-refractivity contribution < 1.29 is 4.79 Å². The van der Waals surface area contributed by atoms with Gasteiger partial charge in [-0.25, -0.2) is 9.97 Å². The Hall–Kier alpha value is -2.37. The van der Waals surface area contributed by atoms with Crippen molar-refractivity contribution in [3.8, 4) is 0 Å². The number of likely N-dealkylation sites (tertiary alicyclic amines) is 1. The molecule has 1 saturated carbocycles. The van der Waals surface area contributed by atoms with E-state index in [9.17, 15) is 4.79 Å². The number of hydrogen-bond acceptors (Lipinski definition) is 4. The number of carbonyl (C=O) groups excluding carboxylic acids is 1. The number of amides is 1. The van der Waals surface area contributed by atoms with Crippen molar-refractivity contribution in [2.75, 3.05) is 11.9 Å². The fraction of sp³-hybridized carbons (Fsp3) is 0.526. The number of aromatic amines is 1. The molecule has 2 aromatic heterocycles. The SMILES string of the molecule is C=CC(=O)N1C[C@H](Nc2ncnc3[nH]cc(CC4CC4)c23)CC[C@@H]1C. The smallest absolute Gasteiger partial charge is 0.246 e. The molecule has 2 fully saturated rings. The Kier molecular flexibility index (Phi) is 4.19. The number of carbonyl (C=O) groups is 1. The molecule has 6 heteroatoms. The Morgan fingerprint density at radius 2 is 2.24 bits per heavy atom. The third-order valence-electron chi connectivity index (χ3n) is 5.44. The summed E-state index contributed by atoms with van der Waals surface area (Å²) in [7, 11) is 0. The van der Waals surface area contributed by atoms with Crippen molar-refractivity contribution in [1.82, 2.24) is 19.9 Å². The van der Waals surface area contributed by atoms with Crippen LogP contribution in [0.1, 0.15) is 38.2 Å². The summed E-state index contributed by atoms with van der Waals surface area (Å²) < 4.78 is 0. The van der Waals surface area contributed by atoms with E-state index in [0.29, 0.717) is 6.54 Å². The summed E-state index contributed by atoms with van der Waals surface area (Å²) >= 11 is 0. The fourth-order valence-electron chi connectivity index (χ4n) is 3.77. The molecule has 132 valence electrons. The van der Waals surface area contributed by atoms with Crippen molar-refractivity contribution in [3.05, 3.63) is 30.7 Å². The van der Waals surface area contributed by atoms with Gasteiger partial charge in [-0.3, -0.25) is 4.79 Å². The summed E-state index contributed by atoms with van der Waals surface area (Å²) in [5.41, 5.74) is 2.18. The van der Waals surface area contributed by atoms with Crippen LogP contribution in [-0.4, -0.2) is 44.4 Å². The Balaban J connectivity index is 1.56. The van der Waals surface area contributed by atoms with Crippen LogP contribution < -0.4 is 5.32 Å². The summed E-state index contributed by atoms with van der Waals surface area (Å²) in [6.45, 7) is 6.40. The van der Waals surface area contributed by atoms with Gasteiger partial charge in [0.2, 0.25) is 5.91 Å². The second-order valence-corrected chi connectivity index (χ2v) is 7.37. The van der Waals surface area contributed by atoms with Gasteiger partial charge in [-0.05, 0) is 56.6 Å². The lowest BCUT2D eigenvalue weighted by molar-refractivity contribution is -0.129. The number of fused-ring (bicyclic) bond motifs is 1. The van der Waals surface area contributed by atoms with Crippen LogP contribution in [0, 0.1) is 5.92 Å². The third kappa shape index (κ3) is 3.25. The zero-order valence-corrected chi connectivity index (χ0v) is 14.7. The van der Waals surface area contributed by atoms with Gasteiger partial charge in [-0.15, -0.1) is 0 Å². The second kappa shape index (κ2) is 6.50. The van der Waals surface area contributed by atoms with Gasteiger partial charge in [0.1, 0.15) is 17.8 Å². The van der Waals surface area contributed by atoms with Crippen LogP contribution in [0.25, 0.3) is 11.0 Å². The molecule has 25 heavy (non-hydrogen) atoms. The van der Waals surface area contributed by atoms with Crippen LogP contribution in [0.5, 0.6) is 0 Å². The highest BCUT2D eigenvalue weighted by Gasteiger charge is 2.29. The summed E-state index contributed by atoms with van der Waals surface area (Å²) in [4.78, 5) is 26.1. The molecule has 2 N–H and O–H groups in total. The summed E-state index contributed by atoms with van der Waals surface area (Å²) in [5, 5.41) is 4.68. The van der Waals surface area contributed by atoms with Crippen LogP contribution >= 0.6 is 0 Å². The molecule has 0 spiro atoms. The molecule has 1 aliphatic heterocycles. The molecule has 0 bridgehead atoms. The molecule has 2 aromatic rings. The predicted octanol–water partition coefficient (Wildman–Crippen LogP) is 2.89. The lowest BCUT2D eigenvalue weighted by Gasteiger charge is -2.38. The van der Waals surface area contributed by atoms with E-state index < -0.39 is 0 Å². The van der Waals surface area contributed by atoms with Gasteiger partial charge >= 0.3 is 0 Å². The summed E-state index contributed by atoms with van der Waals surface area (Å²) in [5.74, 6) is 1.69. The van der Waals surface area contributed by atoms with E-state index in [1.807, 2.05) is 4.90 Å². The predicted molar refractivity (Wildman–Crippen MR) is 98.3 cm³/mol. The first kappa shape index (κ1) is 16.1. The number of rotatable bonds is 5. The maximum atomic E-state index is 12.1. The minimum absolute atomic E-state index is 0.00269. The van der Waals surface area contributed by atoms with Gasteiger partial charge in [0.05, 0.1) is 5.39 Å². The molecule has 2 aliphatic rings. The minimum Gasteiger partial charge on any atom is -0.365 e. The van der Waals surface area contributed by atoms with Crippen molar-refractivity contribution >= 4 is 22.8 Å². The van der Waals surface area contributed by atoms with Gasteiger partial charge < -0.3 is 15.2 Å². The molecule has 0 unspecified atom stereocenters. The van der Waals surface area contributed by atoms with E-state index in [1.54, 1.807) is 6.33 Å². The molecule has 1 amide bonds. The average molecular weight is 339 g/mol. The third-order valence-corrected chi connectivity index (χ3v) is 5.44. The standard InChI is InChI=1S/C19H25N5O/c1-3-16(25)24-10-15(7-4-12(24)2)23-19-17-14(8-13-5-6-13)9-20-18(17)21-11-22-19/h3,9,11-13,15H,1,4-8,10H2,2H3,(H2,20,21,22,23)/t12-,15+/m0/s1. The highest BCUT2D eigenvalue weighted by Crippen LogP contribution is 2.36. The monoisotopic (exact) mass is 339 g/mol. The van der Waals surface area contributed by atoms with E-state index in [1.165, 1.54) is 24.5 Å². The van der Waals surface area contributed by atoms with Crippen LogP contribution in [0.4, 0.5) is 5.82 Å². The molecule has 2 atom stereocenters. The minimum atomic E-state index is 0.00269. The van der Waals surface area contributed by atoms with Crippen molar-refractivity contribution in [3.63, 3.8) is 0 Å². The first-order valence-electron chi connectivity index (χ1n) is 9.16. The van der Waals surface area contributed by atoms with E-state index in [2.05, 4.69) is 40.0 Å². The average Bonchev–Trinajstić information content (AvgIpc) is 3.34. The maximum Gasteiger partial charge on any atom is 0.246 e. The number of hydrogen-bond donors (Lipinski definition) is 2. The number of piperidine rings is 1. The van der Waals surface area contributed by atoms with Gasteiger partial charge in [0, 0.05) is 24.8 Å². The normalized spacial score (nSPS) is 23.6. The first-order chi connectivity index (χ1) is 12.2. The zero-order chi connectivity index (χ0) is 17.4. The van der Waals surface area contributed by atoms with E-state index >= 15 is 0 Å². The molecule has 4 rings (SSSR count). The lowest BCUT2D eigenvalue weighted by Crippen LogP contribution is -2.49. The van der Waals surface area contributed by atoms with E-state index in [-0.39, 0.29) is 18.0 Å². The molecule has 6 nitrogen and oxygen atoms in total. The zero-order valence-electron chi connectivity index (χ0n) is 14.7. The number of nitrogens with zero attached hydrogens (tertiary/aromatic N) is 3. The van der Waals surface area contributed by atoms with Crippen molar-refractivity contribution in [1.29, 1.82) is 0 Å². The molecular formula is C19H25N5O. The van der Waals surface area contributed by atoms with Gasteiger partial charge in [0.25, 0.3) is 0 Å². The van der Waals surface area contributed by atoms with Gasteiger partial charge in [-0.2, -0.15) is 0 Å². The molecular weight excluding hydrogens is 314 g/mol. The molecule has 1 aliphatic carbocycles. The van der Waals surface area contributed by atoms with Gasteiger partial charge in [-0.1, -0.05) is 6.58 Å². The highest BCUT2D eigenvalue weighted by atomic mass is 16.2. The summed E-state index contributed by atoms with van der Waals surface area (Å²) in [6.07, 6.45) is 10.8. The Morgan fingerprint density at radius 1 is 1.40 bits per heavy atom. The Bertz CT molecular complexity index is 794. The first-order valence-corrected chi connectivity index (χ1v) is 9.16. The van der Waals surface area contributed by atoms with Crippen LogP contribution in [0.3, 0.4) is 0 Å².